The topological polar surface area (TPSA) is 38.3 Å². The Morgan fingerprint density at radius 3 is 3.00 bits per heavy atom. The van der Waals surface area contributed by atoms with E-state index in [1.54, 1.807) is 0 Å². The Bertz CT molecular complexity index is 193. The molecule has 1 heterocycles. The van der Waals surface area contributed by atoms with Crippen LogP contribution in [0.5, 0.6) is 0 Å². The smallest absolute Gasteiger partial charge is 0.308 e. The Morgan fingerprint density at radius 2 is 2.31 bits per heavy atom. The zero-order valence-electron chi connectivity index (χ0n) is 8.08. The quantitative estimate of drug-likeness (QED) is 0.647. The summed E-state index contributed by atoms with van der Waals surface area (Å²) < 4.78 is 5.04. The molecule has 2 fully saturated rings. The van der Waals surface area contributed by atoms with Crippen molar-refractivity contribution in [3.8, 4) is 0 Å². The zero-order chi connectivity index (χ0) is 9.26. The minimum Gasteiger partial charge on any atom is -0.466 e. The van der Waals surface area contributed by atoms with Crippen LogP contribution in [-0.2, 0) is 9.53 Å². The van der Waals surface area contributed by atoms with Gasteiger partial charge in [0.05, 0.1) is 12.5 Å². The minimum atomic E-state index is 0.0147. The van der Waals surface area contributed by atoms with E-state index < -0.39 is 0 Å². The van der Waals surface area contributed by atoms with Crippen LogP contribution < -0.4 is 5.32 Å². The first-order valence-corrected chi connectivity index (χ1v) is 5.19. The van der Waals surface area contributed by atoms with E-state index in [0.29, 0.717) is 18.6 Å². The number of hydrogen-bond donors (Lipinski definition) is 1. The Morgan fingerprint density at radius 1 is 1.46 bits per heavy atom. The molecule has 1 saturated heterocycles. The van der Waals surface area contributed by atoms with E-state index in [2.05, 4.69) is 5.32 Å². The molecule has 2 bridgehead atoms. The van der Waals surface area contributed by atoms with Crippen molar-refractivity contribution in [1.29, 1.82) is 0 Å². The molecule has 0 unspecified atom stereocenters. The van der Waals surface area contributed by atoms with E-state index in [4.69, 9.17) is 4.74 Å². The first-order valence-electron chi connectivity index (χ1n) is 5.19. The van der Waals surface area contributed by atoms with Gasteiger partial charge in [0.25, 0.3) is 0 Å². The van der Waals surface area contributed by atoms with Crippen LogP contribution in [0.1, 0.15) is 26.2 Å². The summed E-state index contributed by atoms with van der Waals surface area (Å²) in [5.41, 5.74) is 0. The predicted octanol–water partition coefficient (Wildman–Crippen LogP) is 0.938. The number of nitrogens with one attached hydrogen (secondary N) is 1. The lowest BCUT2D eigenvalue weighted by Crippen LogP contribution is -2.30. The molecule has 0 radical (unpaired) electrons. The molecule has 1 aliphatic carbocycles. The van der Waals surface area contributed by atoms with Crippen molar-refractivity contribution in [3.05, 3.63) is 0 Å². The molecule has 2 rings (SSSR count). The van der Waals surface area contributed by atoms with Gasteiger partial charge in [0.1, 0.15) is 0 Å². The molecule has 13 heavy (non-hydrogen) atoms. The highest BCUT2D eigenvalue weighted by Gasteiger charge is 2.37. The van der Waals surface area contributed by atoms with Crippen LogP contribution in [0.4, 0.5) is 0 Å². The third-order valence-corrected chi connectivity index (χ3v) is 3.12. The highest BCUT2D eigenvalue weighted by atomic mass is 16.5. The summed E-state index contributed by atoms with van der Waals surface area (Å²) in [4.78, 5) is 11.5. The van der Waals surface area contributed by atoms with Crippen LogP contribution in [0, 0.1) is 11.8 Å². The molecule has 74 valence electrons. The van der Waals surface area contributed by atoms with Crippen molar-refractivity contribution < 1.29 is 9.53 Å². The van der Waals surface area contributed by atoms with Gasteiger partial charge in [0, 0.05) is 6.04 Å². The zero-order valence-corrected chi connectivity index (χ0v) is 8.08. The molecule has 0 aromatic rings. The summed E-state index contributed by atoms with van der Waals surface area (Å²) >= 11 is 0. The average molecular weight is 183 g/mol. The van der Waals surface area contributed by atoms with E-state index in [-0.39, 0.29) is 11.9 Å². The first-order chi connectivity index (χ1) is 6.29. The second kappa shape index (κ2) is 3.66. The number of fused-ring (bicyclic) bond motifs is 2. The van der Waals surface area contributed by atoms with E-state index in [1.807, 2.05) is 6.92 Å². The maximum atomic E-state index is 11.5. The molecule has 0 aromatic heterocycles. The molecule has 3 nitrogen and oxygen atoms in total. The number of rotatable bonds is 2. The lowest BCUT2D eigenvalue weighted by Gasteiger charge is -2.24. The van der Waals surface area contributed by atoms with Crippen molar-refractivity contribution in [2.75, 3.05) is 13.2 Å². The summed E-state index contributed by atoms with van der Waals surface area (Å²) in [6.07, 6.45) is 3.27. The van der Waals surface area contributed by atoms with Gasteiger partial charge in [-0.2, -0.15) is 0 Å². The van der Waals surface area contributed by atoms with E-state index in [0.717, 1.165) is 19.4 Å². The van der Waals surface area contributed by atoms with Gasteiger partial charge in [-0.05, 0) is 38.6 Å². The fourth-order valence-electron chi connectivity index (χ4n) is 2.56. The number of carbonyl (C=O) groups is 1. The number of ether oxygens (including phenoxy) is 1. The molecule has 1 N–H and O–H groups in total. The lowest BCUT2D eigenvalue weighted by molar-refractivity contribution is -0.149. The van der Waals surface area contributed by atoms with Gasteiger partial charge in [0.2, 0.25) is 0 Å². The van der Waals surface area contributed by atoms with Crippen molar-refractivity contribution in [2.45, 2.75) is 32.2 Å². The van der Waals surface area contributed by atoms with E-state index in [9.17, 15) is 4.79 Å². The molecular formula is C10H17NO2. The SMILES string of the molecule is CCOC(=O)[C@@H]1C[C@H]2CN[C@H](C2)C1. The summed E-state index contributed by atoms with van der Waals surface area (Å²) in [5.74, 6) is 0.896. The summed E-state index contributed by atoms with van der Waals surface area (Å²) in [7, 11) is 0. The third-order valence-electron chi connectivity index (χ3n) is 3.12. The van der Waals surface area contributed by atoms with Crippen LogP contribution in [0.3, 0.4) is 0 Å². The Hall–Kier alpha value is -0.570. The van der Waals surface area contributed by atoms with E-state index in [1.165, 1.54) is 6.42 Å². The van der Waals surface area contributed by atoms with Crippen LogP contribution in [0.15, 0.2) is 0 Å². The predicted molar refractivity (Wildman–Crippen MR) is 49.3 cm³/mol. The van der Waals surface area contributed by atoms with Gasteiger partial charge in [-0.1, -0.05) is 0 Å². The Kier molecular flexibility index (Phi) is 2.54. The standard InChI is InChI=1S/C10H17NO2/c1-2-13-10(12)8-3-7-4-9(5-8)11-6-7/h7-9,11H,2-6H2,1H3/t7-,8-,9-/m1/s1. The van der Waals surface area contributed by atoms with E-state index >= 15 is 0 Å². The van der Waals surface area contributed by atoms with Crippen molar-refractivity contribution in [2.24, 2.45) is 11.8 Å². The number of esters is 1. The largest absolute Gasteiger partial charge is 0.466 e. The van der Waals surface area contributed by atoms with Crippen LogP contribution in [-0.4, -0.2) is 25.2 Å². The number of carbonyl (C=O) groups excluding carboxylic acids is 1. The van der Waals surface area contributed by atoms with Crippen molar-refractivity contribution in [3.63, 3.8) is 0 Å². The van der Waals surface area contributed by atoms with Gasteiger partial charge < -0.3 is 10.1 Å². The average Bonchev–Trinajstić information content (AvgIpc) is 2.46. The second-order valence-electron chi connectivity index (χ2n) is 4.13. The molecule has 1 saturated carbocycles. The Balaban J connectivity index is 1.91. The van der Waals surface area contributed by atoms with Crippen LogP contribution in [0.2, 0.25) is 0 Å². The molecule has 0 spiro atoms. The second-order valence-corrected chi connectivity index (χ2v) is 4.13. The minimum absolute atomic E-state index is 0.0147. The molecule has 2 aliphatic rings. The summed E-state index contributed by atoms with van der Waals surface area (Å²) in [6.45, 7) is 3.48. The van der Waals surface area contributed by atoms with Crippen LogP contribution >= 0.6 is 0 Å². The molecule has 0 aromatic carbocycles. The van der Waals surface area contributed by atoms with Gasteiger partial charge in [-0.3, -0.25) is 4.79 Å². The molecule has 3 heteroatoms. The fourth-order valence-corrected chi connectivity index (χ4v) is 2.56. The van der Waals surface area contributed by atoms with Crippen molar-refractivity contribution >= 4 is 5.97 Å². The molecule has 3 atom stereocenters. The molecule has 0 amide bonds. The Labute approximate surface area is 78.8 Å². The molecule has 1 aliphatic heterocycles. The van der Waals surface area contributed by atoms with Crippen LogP contribution in [0.25, 0.3) is 0 Å². The number of hydrogen-bond acceptors (Lipinski definition) is 3. The van der Waals surface area contributed by atoms with Gasteiger partial charge in [0.15, 0.2) is 0 Å². The maximum absolute atomic E-state index is 11.5. The summed E-state index contributed by atoms with van der Waals surface area (Å²) in [5, 5.41) is 3.44. The monoisotopic (exact) mass is 183 g/mol. The maximum Gasteiger partial charge on any atom is 0.308 e. The fraction of sp³-hybridized carbons (Fsp3) is 0.900. The van der Waals surface area contributed by atoms with Gasteiger partial charge in [-0.25, -0.2) is 0 Å². The first kappa shape index (κ1) is 9.00. The molecular weight excluding hydrogens is 166 g/mol. The summed E-state index contributed by atoms with van der Waals surface area (Å²) in [6, 6.07) is 0.577. The van der Waals surface area contributed by atoms with Gasteiger partial charge in [-0.15, -0.1) is 0 Å². The third kappa shape index (κ3) is 1.85. The highest BCUT2D eigenvalue weighted by Crippen LogP contribution is 2.33. The highest BCUT2D eigenvalue weighted by molar-refractivity contribution is 5.72. The lowest BCUT2D eigenvalue weighted by atomic mass is 9.82. The van der Waals surface area contributed by atoms with Crippen molar-refractivity contribution in [1.82, 2.24) is 5.32 Å². The normalized spacial score (nSPS) is 37.5. The van der Waals surface area contributed by atoms with Gasteiger partial charge >= 0.3 is 5.97 Å².